The maximum absolute atomic E-state index is 11.8. The Morgan fingerprint density at radius 2 is 2.00 bits per heavy atom. The number of aryl methyl sites for hydroxylation is 1. The van der Waals surface area contributed by atoms with Crippen molar-refractivity contribution in [1.82, 2.24) is 5.32 Å². The van der Waals surface area contributed by atoms with E-state index in [-0.39, 0.29) is 12.5 Å². The average molecular weight is 304 g/mol. The molecule has 0 fully saturated rings. The van der Waals surface area contributed by atoms with Gasteiger partial charge in [0.05, 0.1) is 0 Å². The number of amides is 1. The molecule has 0 aromatic heterocycles. The average Bonchev–Trinajstić information content (AvgIpc) is 2.52. The zero-order chi connectivity index (χ0) is 15.1. The van der Waals surface area contributed by atoms with Gasteiger partial charge in [-0.05, 0) is 35.7 Å². The number of hydrogen-bond donors (Lipinski definition) is 1. The maximum atomic E-state index is 11.8. The number of hydrogen-bond acceptors (Lipinski definition) is 2. The summed E-state index contributed by atoms with van der Waals surface area (Å²) < 4.78 is 5.48. The molecule has 0 saturated carbocycles. The monoisotopic (exact) mass is 303 g/mol. The van der Waals surface area contributed by atoms with Crippen LogP contribution in [-0.4, -0.2) is 12.5 Å². The largest absolute Gasteiger partial charge is 0.484 e. The van der Waals surface area contributed by atoms with Crippen LogP contribution >= 0.6 is 11.6 Å². The third-order valence-corrected chi connectivity index (χ3v) is 3.48. The molecule has 2 aromatic carbocycles. The molecule has 1 amide bonds. The molecule has 0 bridgehead atoms. The fourth-order valence-corrected chi connectivity index (χ4v) is 2.09. The molecule has 0 saturated heterocycles. The van der Waals surface area contributed by atoms with Crippen molar-refractivity contribution in [2.24, 2.45) is 0 Å². The van der Waals surface area contributed by atoms with Gasteiger partial charge < -0.3 is 10.1 Å². The molecule has 21 heavy (non-hydrogen) atoms. The Hall–Kier alpha value is -2.00. The van der Waals surface area contributed by atoms with Gasteiger partial charge in [0.1, 0.15) is 5.75 Å². The summed E-state index contributed by atoms with van der Waals surface area (Å²) >= 11 is 6.03. The molecule has 2 aromatic rings. The van der Waals surface area contributed by atoms with Gasteiger partial charge in [0, 0.05) is 11.6 Å². The topological polar surface area (TPSA) is 38.3 Å². The third-order valence-electron chi connectivity index (χ3n) is 3.11. The van der Waals surface area contributed by atoms with E-state index in [0.29, 0.717) is 17.3 Å². The minimum atomic E-state index is -0.170. The van der Waals surface area contributed by atoms with Gasteiger partial charge in [0.2, 0.25) is 0 Å². The highest BCUT2D eigenvalue weighted by molar-refractivity contribution is 6.31. The van der Waals surface area contributed by atoms with Crippen molar-refractivity contribution in [3.05, 3.63) is 64.7 Å². The fourth-order valence-electron chi connectivity index (χ4n) is 1.89. The van der Waals surface area contributed by atoms with Crippen LogP contribution in [0.5, 0.6) is 5.75 Å². The highest BCUT2D eigenvalue weighted by Crippen LogP contribution is 2.15. The summed E-state index contributed by atoms with van der Waals surface area (Å²) in [6, 6.07) is 15.2. The highest BCUT2D eigenvalue weighted by atomic mass is 35.5. The van der Waals surface area contributed by atoms with Gasteiger partial charge in [-0.1, -0.05) is 48.9 Å². The van der Waals surface area contributed by atoms with Gasteiger partial charge >= 0.3 is 0 Å². The van der Waals surface area contributed by atoms with Crippen LogP contribution in [0.4, 0.5) is 0 Å². The van der Waals surface area contributed by atoms with Gasteiger partial charge in [0.15, 0.2) is 6.61 Å². The third kappa shape index (κ3) is 4.80. The molecule has 0 heterocycles. The Morgan fingerprint density at radius 1 is 1.19 bits per heavy atom. The molecule has 3 nitrogen and oxygen atoms in total. The van der Waals surface area contributed by atoms with Crippen molar-refractivity contribution in [1.29, 1.82) is 0 Å². The molecule has 2 rings (SSSR count). The predicted octanol–water partition coefficient (Wildman–Crippen LogP) is 3.60. The summed E-state index contributed by atoms with van der Waals surface area (Å²) in [4.78, 5) is 11.8. The first-order valence-electron chi connectivity index (χ1n) is 6.91. The fraction of sp³-hybridized carbons (Fsp3) is 0.235. The Balaban J connectivity index is 1.81. The predicted molar refractivity (Wildman–Crippen MR) is 84.6 cm³/mol. The lowest BCUT2D eigenvalue weighted by Gasteiger charge is -2.09. The number of rotatable bonds is 6. The van der Waals surface area contributed by atoms with E-state index in [0.717, 1.165) is 12.0 Å². The smallest absolute Gasteiger partial charge is 0.258 e. The molecule has 0 aliphatic rings. The molecule has 0 radical (unpaired) electrons. The van der Waals surface area contributed by atoms with Crippen molar-refractivity contribution in [3.63, 3.8) is 0 Å². The Morgan fingerprint density at radius 3 is 2.76 bits per heavy atom. The number of carbonyl (C=O) groups excluding carboxylic acids is 1. The van der Waals surface area contributed by atoms with Gasteiger partial charge in [-0.2, -0.15) is 0 Å². The highest BCUT2D eigenvalue weighted by Gasteiger charge is 2.05. The number of carbonyl (C=O) groups is 1. The van der Waals surface area contributed by atoms with E-state index in [9.17, 15) is 4.79 Å². The standard InChI is InChI=1S/C17H18ClNO2/c1-2-13-6-5-8-15(10-13)21-12-17(20)19-11-14-7-3-4-9-16(14)18/h3-10H,2,11-12H2,1H3,(H,19,20). The van der Waals surface area contributed by atoms with E-state index in [1.54, 1.807) is 6.07 Å². The summed E-state index contributed by atoms with van der Waals surface area (Å²) in [5.74, 6) is 0.541. The lowest BCUT2D eigenvalue weighted by molar-refractivity contribution is -0.123. The molecule has 4 heteroatoms. The van der Waals surface area contributed by atoms with Crippen molar-refractivity contribution < 1.29 is 9.53 Å². The molecule has 0 unspecified atom stereocenters. The van der Waals surface area contributed by atoms with E-state index < -0.39 is 0 Å². The van der Waals surface area contributed by atoms with Crippen molar-refractivity contribution in [2.45, 2.75) is 19.9 Å². The van der Waals surface area contributed by atoms with E-state index in [4.69, 9.17) is 16.3 Å². The normalized spacial score (nSPS) is 10.2. The zero-order valence-corrected chi connectivity index (χ0v) is 12.7. The van der Waals surface area contributed by atoms with E-state index in [1.165, 1.54) is 5.56 Å². The molecule has 110 valence electrons. The first-order chi connectivity index (χ1) is 10.2. The van der Waals surface area contributed by atoms with Crippen molar-refractivity contribution in [3.8, 4) is 5.75 Å². The summed E-state index contributed by atoms with van der Waals surface area (Å²) in [6.45, 7) is 2.48. The summed E-state index contributed by atoms with van der Waals surface area (Å²) in [6.07, 6.45) is 0.940. The quantitative estimate of drug-likeness (QED) is 0.885. The van der Waals surface area contributed by atoms with Crippen LogP contribution in [0.3, 0.4) is 0 Å². The van der Waals surface area contributed by atoms with Crippen LogP contribution in [0.25, 0.3) is 0 Å². The SMILES string of the molecule is CCc1cccc(OCC(=O)NCc2ccccc2Cl)c1. The number of halogens is 1. The van der Waals surface area contributed by atoms with Crippen LogP contribution in [-0.2, 0) is 17.8 Å². The summed E-state index contributed by atoms with van der Waals surface area (Å²) in [5.41, 5.74) is 2.07. The lowest BCUT2D eigenvalue weighted by Crippen LogP contribution is -2.28. The molecular formula is C17H18ClNO2. The van der Waals surface area contributed by atoms with Gasteiger partial charge in [0.25, 0.3) is 5.91 Å². The Bertz CT molecular complexity index is 613. The van der Waals surface area contributed by atoms with Crippen LogP contribution in [0.2, 0.25) is 5.02 Å². The van der Waals surface area contributed by atoms with Crippen molar-refractivity contribution >= 4 is 17.5 Å². The van der Waals surface area contributed by atoms with E-state index in [1.807, 2.05) is 42.5 Å². The van der Waals surface area contributed by atoms with Gasteiger partial charge in [-0.3, -0.25) is 4.79 Å². The Labute approximate surface area is 129 Å². The van der Waals surface area contributed by atoms with Crippen LogP contribution < -0.4 is 10.1 Å². The number of ether oxygens (including phenoxy) is 1. The molecule has 0 atom stereocenters. The zero-order valence-electron chi connectivity index (χ0n) is 11.9. The number of benzene rings is 2. The molecular weight excluding hydrogens is 286 g/mol. The van der Waals surface area contributed by atoms with Gasteiger partial charge in [-0.25, -0.2) is 0 Å². The summed E-state index contributed by atoms with van der Waals surface area (Å²) in [7, 11) is 0. The Kier molecular flexibility index (Phi) is 5.64. The second kappa shape index (κ2) is 7.70. The second-order valence-corrected chi connectivity index (χ2v) is 5.06. The minimum absolute atomic E-state index is 0.00236. The van der Waals surface area contributed by atoms with E-state index >= 15 is 0 Å². The number of nitrogens with one attached hydrogen (secondary N) is 1. The first-order valence-corrected chi connectivity index (χ1v) is 7.28. The minimum Gasteiger partial charge on any atom is -0.484 e. The van der Waals surface area contributed by atoms with E-state index in [2.05, 4.69) is 12.2 Å². The molecule has 1 N–H and O–H groups in total. The second-order valence-electron chi connectivity index (χ2n) is 4.66. The van der Waals surface area contributed by atoms with Crippen LogP contribution in [0.1, 0.15) is 18.1 Å². The maximum Gasteiger partial charge on any atom is 0.258 e. The van der Waals surface area contributed by atoms with Crippen LogP contribution in [0.15, 0.2) is 48.5 Å². The molecule has 0 aliphatic carbocycles. The molecule has 0 aliphatic heterocycles. The van der Waals surface area contributed by atoms with Crippen molar-refractivity contribution in [2.75, 3.05) is 6.61 Å². The van der Waals surface area contributed by atoms with Crippen LogP contribution in [0, 0.1) is 0 Å². The lowest BCUT2D eigenvalue weighted by atomic mass is 10.2. The first kappa shape index (κ1) is 15.4. The van der Waals surface area contributed by atoms with Gasteiger partial charge in [-0.15, -0.1) is 0 Å². The summed E-state index contributed by atoms with van der Waals surface area (Å²) in [5, 5.41) is 3.44. The molecule has 0 spiro atoms.